The fourth-order valence-electron chi connectivity index (χ4n) is 1.83. The summed E-state index contributed by atoms with van der Waals surface area (Å²) in [4.78, 5) is 19.6. The number of nitrogens with zero attached hydrogens (tertiary/aromatic N) is 3. The van der Waals surface area contributed by atoms with Crippen molar-refractivity contribution in [1.29, 1.82) is 5.26 Å². The Morgan fingerprint density at radius 3 is 2.71 bits per heavy atom. The Bertz CT molecular complexity index is 767. The second-order valence-corrected chi connectivity index (χ2v) is 6.28. The maximum Gasteiger partial charge on any atom is 0.322 e. The Kier molecular flexibility index (Phi) is 5.99. The number of urea groups is 1. The number of nitriles is 1. The van der Waals surface area contributed by atoms with Crippen LogP contribution in [0.4, 0.5) is 10.5 Å². The van der Waals surface area contributed by atoms with Crippen molar-refractivity contribution in [2.24, 2.45) is 0 Å². The molecule has 0 radical (unpaired) electrons. The van der Waals surface area contributed by atoms with E-state index in [2.05, 4.69) is 16.9 Å². The lowest BCUT2D eigenvalue weighted by Crippen LogP contribution is -2.37. The van der Waals surface area contributed by atoms with Gasteiger partial charge in [-0.05, 0) is 43.3 Å². The lowest BCUT2D eigenvalue weighted by Gasteiger charge is -2.22. The molecule has 5 nitrogen and oxygen atoms in total. The number of anilines is 1. The average Bonchev–Trinajstić information content (AvgIpc) is 2.62. The van der Waals surface area contributed by atoms with Gasteiger partial charge in [0.05, 0.1) is 0 Å². The summed E-state index contributed by atoms with van der Waals surface area (Å²) in [6, 6.07) is 12.9. The van der Waals surface area contributed by atoms with Crippen molar-refractivity contribution in [3.05, 3.63) is 60.9 Å². The number of hydrogen-bond donors (Lipinski definition) is 1. The highest BCUT2D eigenvalue weighted by Crippen LogP contribution is 2.28. The van der Waals surface area contributed by atoms with Crippen LogP contribution in [-0.4, -0.2) is 29.0 Å². The Labute approximate surface area is 146 Å². The average molecular weight is 338 g/mol. The van der Waals surface area contributed by atoms with E-state index in [1.165, 1.54) is 11.8 Å². The third-order valence-electron chi connectivity index (χ3n) is 3.46. The van der Waals surface area contributed by atoms with Crippen LogP contribution in [0.3, 0.4) is 0 Å². The van der Waals surface area contributed by atoms with Gasteiger partial charge in [0.25, 0.3) is 0 Å². The quantitative estimate of drug-likeness (QED) is 0.832. The lowest BCUT2D eigenvalue weighted by molar-refractivity contribution is 0.216. The number of benzene rings is 1. The lowest BCUT2D eigenvalue weighted by atomic mass is 10.3. The van der Waals surface area contributed by atoms with E-state index in [-0.39, 0.29) is 12.1 Å². The molecule has 1 aromatic heterocycles. The van der Waals surface area contributed by atoms with Crippen molar-refractivity contribution in [1.82, 2.24) is 9.88 Å². The van der Waals surface area contributed by atoms with E-state index >= 15 is 0 Å². The summed E-state index contributed by atoms with van der Waals surface area (Å²) in [5, 5.41) is 11.7. The minimum absolute atomic E-state index is 0.0409. The van der Waals surface area contributed by atoms with Gasteiger partial charge in [-0.15, -0.1) is 6.58 Å². The zero-order chi connectivity index (χ0) is 17.5. The molecule has 1 N–H and O–H groups in total. The van der Waals surface area contributed by atoms with E-state index in [4.69, 9.17) is 5.26 Å². The Morgan fingerprint density at radius 1 is 1.38 bits per heavy atom. The maximum absolute atomic E-state index is 12.1. The molecule has 0 bridgehead atoms. The van der Waals surface area contributed by atoms with Crippen LogP contribution in [-0.2, 0) is 0 Å². The van der Waals surface area contributed by atoms with E-state index in [0.29, 0.717) is 5.69 Å². The minimum Gasteiger partial charge on any atom is -0.321 e. The molecule has 0 aliphatic carbocycles. The molecule has 1 aromatic carbocycles. The molecule has 0 saturated carbocycles. The van der Waals surface area contributed by atoms with Gasteiger partial charge in [0.15, 0.2) is 0 Å². The van der Waals surface area contributed by atoms with Crippen LogP contribution in [0.25, 0.3) is 0 Å². The summed E-state index contributed by atoms with van der Waals surface area (Å²) < 4.78 is 0. The first-order valence-electron chi connectivity index (χ1n) is 7.34. The fourth-order valence-corrected chi connectivity index (χ4v) is 2.68. The van der Waals surface area contributed by atoms with Crippen molar-refractivity contribution < 1.29 is 4.79 Å². The van der Waals surface area contributed by atoms with Crippen LogP contribution in [0.5, 0.6) is 0 Å². The largest absolute Gasteiger partial charge is 0.322 e. The number of carbonyl (C=O) groups excluding carboxylic acids is 1. The molecular weight excluding hydrogens is 320 g/mol. The SMILES string of the molecule is C=CC(C)N(C)C(=O)Nc1ccc(Sc2ccnc(C#N)c2)cc1. The number of carbonyl (C=O) groups is 1. The van der Waals surface area contributed by atoms with Crippen molar-refractivity contribution in [3.63, 3.8) is 0 Å². The molecule has 0 aliphatic rings. The molecule has 2 rings (SSSR count). The normalized spacial score (nSPS) is 11.2. The number of likely N-dealkylation sites (N-methyl/N-ethyl adjacent to an activating group) is 1. The topological polar surface area (TPSA) is 69.0 Å². The summed E-state index contributed by atoms with van der Waals surface area (Å²) in [7, 11) is 1.72. The van der Waals surface area contributed by atoms with Crippen molar-refractivity contribution in [2.75, 3.05) is 12.4 Å². The van der Waals surface area contributed by atoms with Gasteiger partial charge < -0.3 is 10.2 Å². The predicted molar refractivity (Wildman–Crippen MR) is 96.0 cm³/mol. The highest BCUT2D eigenvalue weighted by molar-refractivity contribution is 7.99. The molecular formula is C18H18N4OS. The third-order valence-corrected chi connectivity index (χ3v) is 4.46. The Balaban J connectivity index is 2.01. The highest BCUT2D eigenvalue weighted by Gasteiger charge is 2.12. The molecule has 0 fully saturated rings. The number of aromatic nitrogens is 1. The molecule has 2 aromatic rings. The molecule has 1 unspecified atom stereocenters. The zero-order valence-corrected chi connectivity index (χ0v) is 14.4. The highest BCUT2D eigenvalue weighted by atomic mass is 32.2. The number of pyridine rings is 1. The second kappa shape index (κ2) is 8.18. The summed E-state index contributed by atoms with van der Waals surface area (Å²) in [6.45, 7) is 5.59. The fraction of sp³-hybridized carbons (Fsp3) is 0.167. The first-order chi connectivity index (χ1) is 11.5. The first kappa shape index (κ1) is 17.6. The molecule has 6 heteroatoms. The Hall–Kier alpha value is -2.78. The summed E-state index contributed by atoms with van der Waals surface area (Å²) in [5.74, 6) is 0. The molecule has 24 heavy (non-hydrogen) atoms. The first-order valence-corrected chi connectivity index (χ1v) is 8.15. The Morgan fingerprint density at radius 2 is 2.08 bits per heavy atom. The van der Waals surface area contributed by atoms with Gasteiger partial charge in [0.2, 0.25) is 0 Å². The van der Waals surface area contributed by atoms with Crippen LogP contribution in [0.15, 0.2) is 65.0 Å². The second-order valence-electron chi connectivity index (χ2n) is 5.13. The number of hydrogen-bond acceptors (Lipinski definition) is 4. The van der Waals surface area contributed by atoms with Gasteiger partial charge in [0.1, 0.15) is 11.8 Å². The van der Waals surface area contributed by atoms with Gasteiger partial charge in [0, 0.05) is 34.8 Å². The van der Waals surface area contributed by atoms with Gasteiger partial charge in [-0.2, -0.15) is 5.26 Å². The van der Waals surface area contributed by atoms with Crippen LogP contribution >= 0.6 is 11.8 Å². The van der Waals surface area contributed by atoms with E-state index in [1.54, 1.807) is 30.3 Å². The standard InChI is InChI=1S/C18H18N4OS/c1-4-13(2)22(3)18(23)21-14-5-7-16(8-6-14)24-17-9-10-20-15(11-17)12-19/h4-11,13H,1H2,2-3H3,(H,21,23). The zero-order valence-electron chi connectivity index (χ0n) is 13.6. The van der Waals surface area contributed by atoms with E-state index in [0.717, 1.165) is 15.5 Å². The molecule has 1 heterocycles. The number of amides is 2. The summed E-state index contributed by atoms with van der Waals surface area (Å²) in [5.41, 5.74) is 1.11. The molecule has 0 saturated heterocycles. The smallest absolute Gasteiger partial charge is 0.321 e. The van der Waals surface area contributed by atoms with Gasteiger partial charge >= 0.3 is 6.03 Å². The van der Waals surface area contributed by atoms with E-state index < -0.39 is 0 Å². The minimum atomic E-state index is -0.185. The van der Waals surface area contributed by atoms with Crippen molar-refractivity contribution in [2.45, 2.75) is 22.8 Å². The number of nitrogens with one attached hydrogen (secondary N) is 1. The monoisotopic (exact) mass is 338 g/mol. The van der Waals surface area contributed by atoms with E-state index in [1.807, 2.05) is 43.3 Å². The van der Waals surface area contributed by atoms with Crippen molar-refractivity contribution >= 4 is 23.5 Å². The van der Waals surface area contributed by atoms with Gasteiger partial charge in [-0.1, -0.05) is 17.8 Å². The van der Waals surface area contributed by atoms with Gasteiger partial charge in [-0.3, -0.25) is 0 Å². The van der Waals surface area contributed by atoms with E-state index in [9.17, 15) is 4.79 Å². The number of rotatable bonds is 5. The summed E-state index contributed by atoms with van der Waals surface area (Å²) in [6.07, 6.45) is 3.33. The van der Waals surface area contributed by atoms with Crippen LogP contribution in [0.2, 0.25) is 0 Å². The molecule has 0 aliphatic heterocycles. The molecule has 122 valence electrons. The van der Waals surface area contributed by atoms with Crippen LogP contribution in [0.1, 0.15) is 12.6 Å². The summed E-state index contributed by atoms with van der Waals surface area (Å²) >= 11 is 1.53. The molecule has 0 spiro atoms. The third kappa shape index (κ3) is 4.61. The van der Waals surface area contributed by atoms with Crippen molar-refractivity contribution in [3.8, 4) is 6.07 Å². The maximum atomic E-state index is 12.1. The molecule has 1 atom stereocenters. The van der Waals surface area contributed by atoms with Gasteiger partial charge in [-0.25, -0.2) is 9.78 Å². The van der Waals surface area contributed by atoms with Crippen LogP contribution < -0.4 is 5.32 Å². The molecule has 2 amide bonds. The predicted octanol–water partition coefficient (Wildman–Crippen LogP) is 4.14. The van der Waals surface area contributed by atoms with Crippen LogP contribution in [0, 0.1) is 11.3 Å².